The summed E-state index contributed by atoms with van der Waals surface area (Å²) in [6.07, 6.45) is 4.50. The summed E-state index contributed by atoms with van der Waals surface area (Å²) >= 11 is 0. The largest absolute Gasteiger partial charge is 0.507 e. The van der Waals surface area contributed by atoms with Crippen LogP contribution in [0.3, 0.4) is 0 Å². The van der Waals surface area contributed by atoms with Crippen molar-refractivity contribution in [1.29, 1.82) is 0 Å². The van der Waals surface area contributed by atoms with E-state index in [9.17, 15) is 39.3 Å². The van der Waals surface area contributed by atoms with Gasteiger partial charge < -0.3 is 54.5 Å². The molecule has 1 saturated heterocycles. The molecule has 17 heteroatoms. The lowest BCUT2D eigenvalue weighted by molar-refractivity contribution is -0.116. The van der Waals surface area contributed by atoms with Crippen molar-refractivity contribution in [3.05, 3.63) is 99.9 Å². The molecule has 1 fully saturated rings. The van der Waals surface area contributed by atoms with Gasteiger partial charge in [-0.1, -0.05) is 52.0 Å². The number of ether oxygens (including phenoxy) is 5. The van der Waals surface area contributed by atoms with Gasteiger partial charge in [-0.15, -0.1) is 0 Å². The Labute approximate surface area is 372 Å². The quantitative estimate of drug-likeness (QED) is 0.275. The average molecular weight is 887 g/mol. The number of phenols is 1. The number of aromatic hydroxyl groups is 1. The number of ketones is 3. The number of aliphatic hydroxyl groups excluding tert-OH is 2. The number of rotatable bonds is 6. The first-order valence-electron chi connectivity index (χ1n) is 21.5. The van der Waals surface area contributed by atoms with Gasteiger partial charge in [0.15, 0.2) is 0 Å². The first kappa shape index (κ1) is 47.6. The Morgan fingerprint density at radius 1 is 0.969 bits per heavy atom. The minimum Gasteiger partial charge on any atom is -0.507 e. The summed E-state index contributed by atoms with van der Waals surface area (Å²) in [4.78, 5) is 76.8. The van der Waals surface area contributed by atoms with Crippen LogP contribution in [0.1, 0.15) is 83.9 Å². The van der Waals surface area contributed by atoms with E-state index >= 15 is 0 Å². The number of hydrogen-bond acceptors (Lipinski definition) is 15. The Hall–Kier alpha value is -5.88. The van der Waals surface area contributed by atoms with Crippen LogP contribution in [0.15, 0.2) is 71.9 Å². The monoisotopic (exact) mass is 886 g/mol. The van der Waals surface area contributed by atoms with Crippen LogP contribution in [0.5, 0.6) is 11.5 Å². The highest BCUT2D eigenvalue weighted by Gasteiger charge is 2.53. The fraction of sp³-hybridized carbons (Fsp3) is 0.489. The van der Waals surface area contributed by atoms with Gasteiger partial charge in [-0.05, 0) is 32.1 Å². The third-order valence-corrected chi connectivity index (χ3v) is 12.6. The minimum absolute atomic E-state index is 0.00782. The van der Waals surface area contributed by atoms with Crippen LogP contribution in [0, 0.1) is 30.6 Å². The van der Waals surface area contributed by atoms with E-state index in [4.69, 9.17) is 23.7 Å². The number of phenolic OH excluding ortho intramolecular Hbond substituents is 1. The number of fused-ring (bicyclic) bond motifs is 14. The number of carbonyl (C=O) groups excluding carboxylic acids is 5. The van der Waals surface area contributed by atoms with Crippen LogP contribution in [0.25, 0.3) is 0 Å². The molecule has 344 valence electrons. The van der Waals surface area contributed by atoms with E-state index in [1.54, 1.807) is 57.0 Å². The summed E-state index contributed by atoms with van der Waals surface area (Å²) < 4.78 is 29.5. The van der Waals surface area contributed by atoms with Crippen molar-refractivity contribution in [2.75, 3.05) is 40.0 Å². The van der Waals surface area contributed by atoms with Crippen molar-refractivity contribution in [1.82, 2.24) is 20.5 Å². The number of carbonyl (C=O) groups is 5. The molecule has 1 aromatic heterocycles. The van der Waals surface area contributed by atoms with Gasteiger partial charge in [0.2, 0.25) is 11.6 Å². The molecule has 5 N–H and O–H groups in total. The molecule has 1 aromatic carbocycles. The summed E-state index contributed by atoms with van der Waals surface area (Å²) in [5, 5.41) is 40.2. The molecule has 0 unspecified atom stereocenters. The van der Waals surface area contributed by atoms with Gasteiger partial charge in [0, 0.05) is 86.8 Å². The number of hydrogen-bond donors (Lipinski definition) is 5. The van der Waals surface area contributed by atoms with Crippen LogP contribution in [-0.4, -0.2) is 125 Å². The molecule has 5 bridgehead atoms. The molecule has 1 aliphatic carbocycles. The fourth-order valence-electron chi connectivity index (χ4n) is 8.58. The van der Waals surface area contributed by atoms with Gasteiger partial charge in [0.1, 0.15) is 29.0 Å². The topological polar surface area (TPSA) is 232 Å². The Bertz CT molecular complexity index is 2270. The third-order valence-electron chi connectivity index (χ3n) is 12.6. The van der Waals surface area contributed by atoms with E-state index < -0.39 is 94.5 Å². The molecule has 7 rings (SSSR count). The van der Waals surface area contributed by atoms with Gasteiger partial charge in [-0.3, -0.25) is 24.2 Å². The lowest BCUT2D eigenvalue weighted by Gasteiger charge is -2.38. The molecular formula is C47H58N4O13. The number of nitrogens with one attached hydrogen (secondary N) is 2. The predicted octanol–water partition coefficient (Wildman–Crippen LogP) is 4.09. The Morgan fingerprint density at radius 3 is 2.36 bits per heavy atom. The average Bonchev–Trinajstić information content (AvgIpc) is 3.55. The maximum absolute atomic E-state index is 14.8. The fourth-order valence-corrected chi connectivity index (χ4v) is 8.58. The first-order valence-corrected chi connectivity index (χ1v) is 21.5. The zero-order valence-corrected chi connectivity index (χ0v) is 37.4. The number of benzene rings is 1. The number of morpholine rings is 1. The molecule has 17 nitrogen and oxygen atoms in total. The highest BCUT2D eigenvalue weighted by molar-refractivity contribution is 6.32. The van der Waals surface area contributed by atoms with Gasteiger partial charge in [0.05, 0.1) is 54.5 Å². The second kappa shape index (κ2) is 19.9. The minimum atomic E-state index is -2.11. The smallest absolute Gasteiger partial charge is 0.407 e. The van der Waals surface area contributed by atoms with Crippen molar-refractivity contribution in [3.63, 3.8) is 0 Å². The zero-order valence-electron chi connectivity index (χ0n) is 37.4. The van der Waals surface area contributed by atoms with Gasteiger partial charge >= 0.3 is 11.9 Å². The second-order valence-corrected chi connectivity index (χ2v) is 16.9. The van der Waals surface area contributed by atoms with Crippen molar-refractivity contribution in [2.24, 2.45) is 23.7 Å². The standard InChI is InChI=1S/C47H58N4O13/c1-24-12-11-13-25(2)45(58)50-35-36(51-19-22-61-23-20-51)41(56)32-33(40(35)55)39(54)29(6)43-34(32)44(57)47(7,64-43)62-21-16-31(60-8)26(3)42(28(5)38(53)27(4)37(24)52)63-46(59)49-18-15-30-14-9-10-17-48-30/h9-14,16-17,21,24,26-28,31,37-38,42,52-54H,15,18-20,22-23H2,1-8H3,(H,49,59)(H,50,58)/b12-11+,21-16+,25-13-/t24-,26+,27+,28+,31-,37-,38+,42+,47-/m0/s1. The van der Waals surface area contributed by atoms with Crippen LogP contribution in [-0.2, 0) is 30.2 Å². The SMILES string of the molecule is CO[C@H]1/C=C/O[C@@]2(C)Oc3c(C)c(O)c4c(c3C2=O)C(=O)C(N2CCOCC2)=C(NC(=O)/C(C)=C\C=C\[C@H](C)[C@H](O)[C@@H](C)[C@@H](O)[C@@H](C)[C@H](OC(=O)NCCc2ccccn2)[C@@H]1C)C4=O. The van der Waals surface area contributed by atoms with E-state index in [1.807, 2.05) is 12.1 Å². The van der Waals surface area contributed by atoms with Crippen molar-refractivity contribution < 1.29 is 63.0 Å². The molecule has 0 spiro atoms. The van der Waals surface area contributed by atoms with E-state index in [0.29, 0.717) is 6.42 Å². The first-order chi connectivity index (χ1) is 30.4. The van der Waals surface area contributed by atoms with Crippen LogP contribution in [0.2, 0.25) is 0 Å². The maximum atomic E-state index is 14.8. The Kier molecular flexibility index (Phi) is 14.8. The van der Waals surface area contributed by atoms with E-state index in [1.165, 1.54) is 46.3 Å². The van der Waals surface area contributed by atoms with Crippen molar-refractivity contribution >= 4 is 29.4 Å². The van der Waals surface area contributed by atoms with Crippen LogP contribution in [0.4, 0.5) is 4.79 Å². The normalized spacial score (nSPS) is 31.0. The third kappa shape index (κ3) is 9.48. The van der Waals surface area contributed by atoms with Crippen molar-refractivity contribution in [3.8, 4) is 11.5 Å². The lowest BCUT2D eigenvalue weighted by Crippen LogP contribution is -2.48. The summed E-state index contributed by atoms with van der Waals surface area (Å²) in [5.41, 5.74) is -0.768. The Morgan fingerprint density at radius 2 is 1.69 bits per heavy atom. The molecule has 5 aliphatic rings. The van der Waals surface area contributed by atoms with E-state index in [-0.39, 0.29) is 72.3 Å². The summed E-state index contributed by atoms with van der Waals surface area (Å²) in [7, 11) is 1.42. The summed E-state index contributed by atoms with van der Waals surface area (Å²) in [6.45, 7) is 12.1. The molecule has 2 aromatic rings. The molecule has 4 aliphatic heterocycles. The van der Waals surface area contributed by atoms with Gasteiger partial charge in [0.25, 0.3) is 11.7 Å². The van der Waals surface area contributed by atoms with E-state index in [0.717, 1.165) is 5.69 Å². The molecule has 0 radical (unpaired) electrons. The number of alkyl carbamates (subject to hydrolysis) is 1. The second-order valence-electron chi connectivity index (χ2n) is 16.9. The number of Topliss-reactive ketones (excluding diaryl/α,β-unsaturated/α-hetero) is 3. The number of nitrogens with zero attached hydrogens (tertiary/aromatic N) is 2. The Balaban J connectivity index is 1.41. The molecule has 9 atom stereocenters. The predicted molar refractivity (Wildman–Crippen MR) is 231 cm³/mol. The summed E-state index contributed by atoms with van der Waals surface area (Å²) in [5.74, 6) is -8.84. The number of methoxy groups -OCH3 is 1. The molecular weight excluding hydrogens is 829 g/mol. The maximum Gasteiger partial charge on any atom is 0.407 e. The van der Waals surface area contributed by atoms with Crippen LogP contribution < -0.4 is 15.4 Å². The highest BCUT2D eigenvalue weighted by atomic mass is 16.7. The lowest BCUT2D eigenvalue weighted by atomic mass is 9.78. The van der Waals surface area contributed by atoms with Gasteiger partial charge in [-0.2, -0.15) is 0 Å². The number of aromatic nitrogens is 1. The number of aliphatic hydroxyl groups is 2. The molecule has 0 saturated carbocycles. The molecule has 2 amide bonds. The number of amides is 2. The number of allylic oxidation sites excluding steroid dienone is 4. The van der Waals surface area contributed by atoms with Gasteiger partial charge in [-0.25, -0.2) is 4.79 Å². The molecule has 5 heterocycles. The number of pyridine rings is 1. The van der Waals surface area contributed by atoms with Crippen LogP contribution >= 0.6 is 0 Å². The van der Waals surface area contributed by atoms with Crippen molar-refractivity contribution in [2.45, 2.75) is 85.1 Å². The highest BCUT2D eigenvalue weighted by Crippen LogP contribution is 2.49. The summed E-state index contributed by atoms with van der Waals surface area (Å²) in [6, 6.07) is 5.47. The molecule has 64 heavy (non-hydrogen) atoms. The zero-order chi connectivity index (χ0) is 46.6. The van der Waals surface area contributed by atoms with E-state index in [2.05, 4.69) is 15.6 Å².